The van der Waals surface area contributed by atoms with Gasteiger partial charge >= 0.3 is 5.97 Å². The van der Waals surface area contributed by atoms with Crippen molar-refractivity contribution in [2.45, 2.75) is 18.9 Å². The summed E-state index contributed by atoms with van der Waals surface area (Å²) < 4.78 is 0. The largest absolute Gasteiger partial charge is 0.478 e. The number of carbonyl (C=O) groups is 1. The molecule has 15 heavy (non-hydrogen) atoms. The van der Waals surface area contributed by atoms with Gasteiger partial charge in [0.15, 0.2) is 5.70 Å². The zero-order chi connectivity index (χ0) is 11.2. The van der Waals surface area contributed by atoms with E-state index in [1.54, 1.807) is 0 Å². The third-order valence-electron chi connectivity index (χ3n) is 2.99. The van der Waals surface area contributed by atoms with E-state index in [0.29, 0.717) is 6.42 Å². The highest BCUT2D eigenvalue weighted by molar-refractivity contribution is 5.89. The lowest BCUT2D eigenvalue weighted by atomic mass is 9.93. The Hall–Kier alpha value is -1.79. The van der Waals surface area contributed by atoms with E-state index in [1.165, 1.54) is 0 Å². The third kappa shape index (κ3) is 1.39. The van der Waals surface area contributed by atoms with Gasteiger partial charge in [-0.3, -0.25) is 10.1 Å². The van der Waals surface area contributed by atoms with Crippen molar-refractivity contribution in [3.63, 3.8) is 0 Å². The van der Waals surface area contributed by atoms with Crippen LogP contribution in [0.3, 0.4) is 0 Å². The van der Waals surface area contributed by atoms with Crippen LogP contribution in [0.15, 0.2) is 16.4 Å². The van der Waals surface area contributed by atoms with Crippen LogP contribution in [0.25, 0.3) is 0 Å². The van der Waals surface area contributed by atoms with Crippen LogP contribution in [0.4, 0.5) is 0 Å². The molecule has 3 atom stereocenters. The second-order valence-electron chi connectivity index (χ2n) is 3.83. The first kappa shape index (κ1) is 9.75. The highest BCUT2D eigenvalue weighted by Crippen LogP contribution is 2.53. The van der Waals surface area contributed by atoms with Crippen LogP contribution in [0.2, 0.25) is 0 Å². The van der Waals surface area contributed by atoms with Gasteiger partial charge in [0.2, 0.25) is 0 Å². The molecule has 2 aliphatic rings. The second-order valence-corrected chi connectivity index (χ2v) is 3.83. The Morgan fingerprint density at radius 1 is 1.53 bits per heavy atom. The summed E-state index contributed by atoms with van der Waals surface area (Å²) >= 11 is 0. The fraction of sp³-hybridized carbons (Fsp3) is 0.625. The van der Waals surface area contributed by atoms with Gasteiger partial charge in [-0.15, -0.1) is 4.91 Å². The van der Waals surface area contributed by atoms with Crippen LogP contribution >= 0.6 is 0 Å². The summed E-state index contributed by atoms with van der Waals surface area (Å²) in [6.07, 6.45) is 0.848. The van der Waals surface area contributed by atoms with E-state index in [-0.39, 0.29) is 23.8 Å². The maximum atomic E-state index is 10.8. The molecule has 1 saturated carbocycles. The summed E-state index contributed by atoms with van der Waals surface area (Å²) in [7, 11) is 0. The summed E-state index contributed by atoms with van der Waals surface area (Å²) in [4.78, 5) is 31.3. The number of nitro groups is 1. The van der Waals surface area contributed by atoms with Crippen molar-refractivity contribution in [2.75, 3.05) is 0 Å². The van der Waals surface area contributed by atoms with Crippen LogP contribution < -0.4 is 0 Å². The molecular formula is C8H8N2O5. The number of rotatable bonds is 3. The van der Waals surface area contributed by atoms with Gasteiger partial charge in [0.05, 0.1) is 5.57 Å². The SMILES string of the molecule is O=NC1=C(C(=O)O)C2CC2CC1[N+](=O)[O-]. The van der Waals surface area contributed by atoms with Crippen molar-refractivity contribution in [1.29, 1.82) is 0 Å². The van der Waals surface area contributed by atoms with E-state index < -0.39 is 22.6 Å². The Labute approximate surface area is 83.9 Å². The highest BCUT2D eigenvalue weighted by Gasteiger charge is 2.54. The molecule has 7 nitrogen and oxygen atoms in total. The molecule has 1 fully saturated rings. The molecule has 0 spiro atoms. The minimum Gasteiger partial charge on any atom is -0.478 e. The number of hydrogen-bond acceptors (Lipinski definition) is 5. The topological polar surface area (TPSA) is 110 Å². The average molecular weight is 212 g/mol. The predicted molar refractivity (Wildman–Crippen MR) is 47.5 cm³/mol. The molecule has 0 heterocycles. The number of hydrogen-bond donors (Lipinski definition) is 1. The van der Waals surface area contributed by atoms with Gasteiger partial charge in [-0.25, -0.2) is 4.79 Å². The zero-order valence-electron chi connectivity index (χ0n) is 7.62. The van der Waals surface area contributed by atoms with E-state index in [2.05, 4.69) is 5.18 Å². The summed E-state index contributed by atoms with van der Waals surface area (Å²) in [5, 5.41) is 22.0. The lowest BCUT2D eigenvalue weighted by Crippen LogP contribution is -2.28. The van der Waals surface area contributed by atoms with Crippen molar-refractivity contribution in [3.8, 4) is 0 Å². The van der Waals surface area contributed by atoms with Crippen LogP contribution in [-0.2, 0) is 4.79 Å². The van der Waals surface area contributed by atoms with Crippen molar-refractivity contribution in [1.82, 2.24) is 0 Å². The molecule has 0 aromatic heterocycles. The standard InChI is InChI=1S/C8H8N2O5/c11-8(12)6-4-1-3(4)2-5(10(14)15)7(6)9-13/h3-5H,1-2H2,(H,11,12). The monoisotopic (exact) mass is 212 g/mol. The third-order valence-corrected chi connectivity index (χ3v) is 2.99. The maximum absolute atomic E-state index is 10.8. The number of carboxylic acid groups (broad SMARTS) is 1. The van der Waals surface area contributed by atoms with Gasteiger partial charge in [-0.2, -0.15) is 0 Å². The van der Waals surface area contributed by atoms with E-state index in [9.17, 15) is 19.8 Å². The summed E-state index contributed by atoms with van der Waals surface area (Å²) in [5.74, 6) is -1.42. The molecule has 7 heteroatoms. The average Bonchev–Trinajstić information content (AvgIpc) is 2.92. The molecule has 3 unspecified atom stereocenters. The predicted octanol–water partition coefficient (Wildman–Crippen LogP) is 0.777. The Morgan fingerprint density at radius 2 is 2.20 bits per heavy atom. The first-order valence-corrected chi connectivity index (χ1v) is 4.50. The first-order chi connectivity index (χ1) is 7.06. The summed E-state index contributed by atoms with van der Waals surface area (Å²) in [6.45, 7) is 0. The molecule has 0 aliphatic heterocycles. The van der Waals surface area contributed by atoms with Crippen LogP contribution in [0.5, 0.6) is 0 Å². The van der Waals surface area contributed by atoms with Gasteiger partial charge in [0, 0.05) is 11.3 Å². The van der Waals surface area contributed by atoms with Crippen molar-refractivity contribution in [2.24, 2.45) is 17.0 Å². The summed E-state index contributed by atoms with van der Waals surface area (Å²) in [5.41, 5.74) is -0.547. The Balaban J connectivity index is 2.46. The molecule has 0 saturated heterocycles. The number of nitrogens with zero attached hydrogens (tertiary/aromatic N) is 2. The molecule has 0 aromatic carbocycles. The number of nitroso groups, excluding NO2 is 1. The Bertz CT molecular complexity index is 388. The summed E-state index contributed by atoms with van der Waals surface area (Å²) in [6, 6.07) is -1.24. The number of carboxylic acids is 1. The van der Waals surface area contributed by atoms with Crippen LogP contribution in [0, 0.1) is 26.9 Å². The van der Waals surface area contributed by atoms with Gasteiger partial charge in [-0.05, 0) is 23.4 Å². The molecule has 0 aromatic rings. The lowest BCUT2D eigenvalue weighted by Gasteiger charge is -2.15. The fourth-order valence-corrected chi connectivity index (χ4v) is 2.19. The van der Waals surface area contributed by atoms with Gasteiger partial charge in [-0.1, -0.05) is 0 Å². The lowest BCUT2D eigenvalue weighted by molar-refractivity contribution is -0.514. The van der Waals surface area contributed by atoms with Gasteiger partial charge in [0.25, 0.3) is 6.04 Å². The highest BCUT2D eigenvalue weighted by atomic mass is 16.6. The number of aliphatic carboxylic acids is 1. The molecule has 0 bridgehead atoms. The fourth-order valence-electron chi connectivity index (χ4n) is 2.19. The van der Waals surface area contributed by atoms with E-state index in [4.69, 9.17) is 5.11 Å². The Morgan fingerprint density at radius 3 is 2.67 bits per heavy atom. The van der Waals surface area contributed by atoms with Crippen molar-refractivity contribution < 1.29 is 14.8 Å². The van der Waals surface area contributed by atoms with E-state index in [0.717, 1.165) is 0 Å². The maximum Gasteiger partial charge on any atom is 0.334 e. The smallest absolute Gasteiger partial charge is 0.334 e. The normalized spacial score (nSPS) is 33.2. The van der Waals surface area contributed by atoms with Crippen molar-refractivity contribution in [3.05, 3.63) is 26.3 Å². The molecular weight excluding hydrogens is 204 g/mol. The molecule has 0 amide bonds. The van der Waals surface area contributed by atoms with Crippen LogP contribution in [0.1, 0.15) is 12.8 Å². The minimum atomic E-state index is -1.26. The van der Waals surface area contributed by atoms with E-state index in [1.807, 2.05) is 0 Å². The van der Waals surface area contributed by atoms with Crippen LogP contribution in [-0.4, -0.2) is 22.0 Å². The van der Waals surface area contributed by atoms with Crippen molar-refractivity contribution >= 4 is 5.97 Å². The van der Waals surface area contributed by atoms with Gasteiger partial charge in [0.1, 0.15) is 0 Å². The zero-order valence-corrected chi connectivity index (χ0v) is 7.62. The Kier molecular flexibility index (Phi) is 2.02. The molecule has 80 valence electrons. The molecule has 1 N–H and O–H groups in total. The quantitative estimate of drug-likeness (QED) is 0.422. The molecule has 2 rings (SSSR count). The number of fused-ring (bicyclic) bond motifs is 1. The minimum absolute atomic E-state index is 0.0389. The van der Waals surface area contributed by atoms with E-state index >= 15 is 0 Å². The van der Waals surface area contributed by atoms with Gasteiger partial charge < -0.3 is 5.11 Å². The second kappa shape index (κ2) is 3.11. The first-order valence-electron chi connectivity index (χ1n) is 4.50. The molecule has 0 radical (unpaired) electrons. The molecule has 2 aliphatic carbocycles.